The first-order valence-corrected chi connectivity index (χ1v) is 11.8. The molecule has 8 nitrogen and oxygen atoms in total. The van der Waals surface area contributed by atoms with E-state index in [-0.39, 0.29) is 11.5 Å². The summed E-state index contributed by atoms with van der Waals surface area (Å²) in [5, 5.41) is 19.1. The van der Waals surface area contributed by atoms with Crippen molar-refractivity contribution in [1.82, 2.24) is 24.4 Å². The number of aliphatic imine (C=N–C) groups is 1. The van der Waals surface area contributed by atoms with Crippen LogP contribution in [0.3, 0.4) is 0 Å². The first kappa shape index (κ1) is 19.2. The lowest BCUT2D eigenvalue weighted by Crippen LogP contribution is -2.56. The van der Waals surface area contributed by atoms with Crippen LogP contribution in [0.15, 0.2) is 53.9 Å². The number of benzene rings is 1. The Morgan fingerprint density at radius 1 is 1.03 bits per heavy atom. The number of carbonyl (C=O) groups is 1. The van der Waals surface area contributed by atoms with E-state index >= 15 is 0 Å². The lowest BCUT2D eigenvalue weighted by atomic mass is 9.97. The van der Waals surface area contributed by atoms with Crippen LogP contribution in [0.5, 0.6) is 0 Å². The number of nitrogens with zero attached hydrogens (tertiary/aromatic N) is 6. The monoisotopic (exact) mass is 442 g/mol. The Balaban J connectivity index is 1.11. The zero-order valence-electron chi connectivity index (χ0n) is 18.3. The van der Waals surface area contributed by atoms with Crippen molar-refractivity contribution in [3.05, 3.63) is 54.5 Å². The summed E-state index contributed by atoms with van der Waals surface area (Å²) in [4.78, 5) is 21.3. The molecule has 1 saturated heterocycles. The van der Waals surface area contributed by atoms with Gasteiger partial charge in [-0.3, -0.25) is 14.2 Å². The molecule has 0 radical (unpaired) electrons. The van der Waals surface area contributed by atoms with Gasteiger partial charge < -0.3 is 14.9 Å². The standard InChI is InChI=1S/C25H26N6O2/c32-23(19-5-6-19)29-11-16(12-29)13-31-22(27-25(9-10-25)24(31)33)18-3-1-17(2-4-18)20-7-8-21-28-26-15-30(21)14-20/h1-4,7-8,14-16,19,24,33H,5-6,9-13H2. The van der Waals surface area contributed by atoms with E-state index in [1.54, 1.807) is 6.33 Å². The number of likely N-dealkylation sites (tertiary alicyclic amines) is 1. The Hall–Kier alpha value is -3.26. The maximum Gasteiger partial charge on any atom is 0.225 e. The van der Waals surface area contributed by atoms with E-state index < -0.39 is 6.23 Å². The van der Waals surface area contributed by atoms with Gasteiger partial charge in [0.25, 0.3) is 0 Å². The zero-order chi connectivity index (χ0) is 22.2. The second-order valence-corrected chi connectivity index (χ2v) is 10.0. The van der Waals surface area contributed by atoms with Crippen LogP contribution in [0.4, 0.5) is 0 Å². The molecular weight excluding hydrogens is 416 g/mol. The summed E-state index contributed by atoms with van der Waals surface area (Å²) in [6.07, 6.45) is 7.12. The number of amides is 1. The SMILES string of the molecule is O=C(C1CC1)N1CC(CN2C(c3ccc(-c4ccc5nncn5c4)cc3)=NC3(CC3)C2O)C1. The molecule has 1 unspecified atom stereocenters. The molecule has 1 aromatic carbocycles. The third-order valence-corrected chi connectivity index (χ3v) is 7.56. The smallest absolute Gasteiger partial charge is 0.225 e. The van der Waals surface area contributed by atoms with Crippen LogP contribution in [0, 0.1) is 11.8 Å². The van der Waals surface area contributed by atoms with Gasteiger partial charge in [-0.2, -0.15) is 0 Å². The summed E-state index contributed by atoms with van der Waals surface area (Å²) in [6, 6.07) is 12.4. The number of aromatic nitrogens is 3. The Kier molecular flexibility index (Phi) is 4.00. The zero-order valence-corrected chi connectivity index (χ0v) is 18.3. The summed E-state index contributed by atoms with van der Waals surface area (Å²) < 4.78 is 1.91. The van der Waals surface area contributed by atoms with Crippen LogP contribution >= 0.6 is 0 Å². The molecular formula is C25H26N6O2. The van der Waals surface area contributed by atoms with Crippen molar-refractivity contribution in [2.24, 2.45) is 16.8 Å². The molecule has 2 aromatic heterocycles. The molecule has 4 heterocycles. The van der Waals surface area contributed by atoms with Gasteiger partial charge in [-0.1, -0.05) is 24.3 Å². The fourth-order valence-corrected chi connectivity index (χ4v) is 5.20. The van der Waals surface area contributed by atoms with E-state index in [1.807, 2.05) is 27.6 Å². The maximum atomic E-state index is 12.3. The second-order valence-electron chi connectivity index (χ2n) is 10.0. The summed E-state index contributed by atoms with van der Waals surface area (Å²) >= 11 is 0. The van der Waals surface area contributed by atoms with Crippen molar-refractivity contribution in [1.29, 1.82) is 0 Å². The molecule has 2 aliphatic heterocycles. The van der Waals surface area contributed by atoms with Crippen molar-refractivity contribution in [2.45, 2.75) is 37.5 Å². The van der Waals surface area contributed by atoms with E-state index in [9.17, 15) is 9.90 Å². The van der Waals surface area contributed by atoms with Crippen LogP contribution in [0.2, 0.25) is 0 Å². The molecule has 2 saturated carbocycles. The Bertz CT molecular complexity index is 1270. The molecule has 3 aromatic rings. The molecule has 3 fully saturated rings. The Labute approximate surface area is 191 Å². The van der Waals surface area contributed by atoms with E-state index in [0.717, 1.165) is 73.5 Å². The first-order valence-electron chi connectivity index (χ1n) is 11.8. The van der Waals surface area contributed by atoms with Gasteiger partial charge in [0.2, 0.25) is 5.91 Å². The molecule has 8 heteroatoms. The van der Waals surface area contributed by atoms with Crippen LogP contribution in [-0.4, -0.2) is 72.6 Å². The molecule has 1 amide bonds. The van der Waals surface area contributed by atoms with Crippen LogP contribution in [0.25, 0.3) is 16.8 Å². The molecule has 33 heavy (non-hydrogen) atoms. The molecule has 168 valence electrons. The van der Waals surface area contributed by atoms with E-state index in [4.69, 9.17) is 4.99 Å². The molecule has 7 rings (SSSR count). The number of amidine groups is 1. The molecule has 0 bridgehead atoms. The molecule has 4 aliphatic rings. The Morgan fingerprint density at radius 3 is 2.48 bits per heavy atom. The lowest BCUT2D eigenvalue weighted by Gasteiger charge is -2.42. The van der Waals surface area contributed by atoms with E-state index in [2.05, 4.69) is 39.4 Å². The average molecular weight is 443 g/mol. The highest BCUT2D eigenvalue weighted by atomic mass is 16.3. The fraction of sp³-hybridized carbons (Fsp3) is 0.440. The third-order valence-electron chi connectivity index (χ3n) is 7.56. The predicted octanol–water partition coefficient (Wildman–Crippen LogP) is 2.18. The van der Waals surface area contributed by atoms with Crippen molar-refractivity contribution < 1.29 is 9.90 Å². The molecule has 1 N–H and O–H groups in total. The third kappa shape index (κ3) is 3.15. The lowest BCUT2D eigenvalue weighted by molar-refractivity contribution is -0.139. The number of aliphatic hydroxyl groups is 1. The molecule has 1 atom stereocenters. The fourth-order valence-electron chi connectivity index (χ4n) is 5.20. The van der Waals surface area contributed by atoms with Gasteiger partial charge in [0.05, 0.1) is 0 Å². The number of pyridine rings is 1. The Morgan fingerprint density at radius 2 is 1.76 bits per heavy atom. The largest absolute Gasteiger partial charge is 0.371 e. The molecule has 2 aliphatic carbocycles. The van der Waals surface area contributed by atoms with Gasteiger partial charge in [-0.05, 0) is 48.9 Å². The number of hydrogen-bond donors (Lipinski definition) is 1. The summed E-state index contributed by atoms with van der Waals surface area (Å²) in [7, 11) is 0. The number of fused-ring (bicyclic) bond motifs is 1. The second kappa shape index (κ2) is 6.87. The first-order chi connectivity index (χ1) is 16.1. The summed E-state index contributed by atoms with van der Waals surface area (Å²) in [5.41, 5.74) is 3.71. The van der Waals surface area contributed by atoms with Crippen LogP contribution in [0.1, 0.15) is 31.2 Å². The quantitative estimate of drug-likeness (QED) is 0.655. The average Bonchev–Trinajstić information content (AvgIpc) is 3.72. The normalized spacial score (nSPS) is 23.8. The van der Waals surface area contributed by atoms with Gasteiger partial charge in [-0.15, -0.1) is 10.2 Å². The minimum atomic E-state index is -0.573. The highest BCUT2D eigenvalue weighted by molar-refractivity contribution is 6.01. The van der Waals surface area contributed by atoms with E-state index in [1.165, 1.54) is 0 Å². The van der Waals surface area contributed by atoms with Gasteiger partial charge in [0.1, 0.15) is 17.7 Å². The molecule has 1 spiro atoms. The summed E-state index contributed by atoms with van der Waals surface area (Å²) in [5.74, 6) is 1.87. The van der Waals surface area contributed by atoms with E-state index in [0.29, 0.717) is 11.8 Å². The number of hydrogen-bond acceptors (Lipinski definition) is 6. The van der Waals surface area contributed by atoms with Gasteiger partial charge in [0, 0.05) is 43.2 Å². The topological polar surface area (TPSA) is 86.3 Å². The number of carbonyl (C=O) groups excluding carboxylic acids is 1. The number of aliphatic hydroxyl groups excluding tert-OH is 1. The summed E-state index contributed by atoms with van der Waals surface area (Å²) in [6.45, 7) is 2.33. The predicted molar refractivity (Wildman–Crippen MR) is 122 cm³/mol. The van der Waals surface area contributed by atoms with Crippen LogP contribution in [-0.2, 0) is 4.79 Å². The van der Waals surface area contributed by atoms with Gasteiger partial charge in [-0.25, -0.2) is 0 Å². The van der Waals surface area contributed by atoms with Crippen molar-refractivity contribution in [3.63, 3.8) is 0 Å². The van der Waals surface area contributed by atoms with Crippen molar-refractivity contribution in [2.75, 3.05) is 19.6 Å². The van der Waals surface area contributed by atoms with Crippen molar-refractivity contribution >= 4 is 17.4 Å². The van der Waals surface area contributed by atoms with Gasteiger partial charge >= 0.3 is 0 Å². The minimum absolute atomic E-state index is 0.277. The van der Waals surface area contributed by atoms with Crippen LogP contribution < -0.4 is 0 Å². The van der Waals surface area contributed by atoms with Crippen molar-refractivity contribution in [3.8, 4) is 11.1 Å². The minimum Gasteiger partial charge on any atom is -0.371 e. The maximum absolute atomic E-state index is 12.3. The highest BCUT2D eigenvalue weighted by Crippen LogP contribution is 2.49. The number of rotatable bonds is 5. The van der Waals surface area contributed by atoms with Gasteiger partial charge in [0.15, 0.2) is 11.9 Å². The highest BCUT2D eigenvalue weighted by Gasteiger charge is 2.57.